The SMILES string of the molecule is O=P1(OCCCCCCCCCCO)OCCO1. The molecule has 18 heavy (non-hydrogen) atoms. The van der Waals surface area contributed by atoms with Crippen LogP contribution in [-0.4, -0.2) is 31.5 Å². The molecule has 1 heterocycles. The van der Waals surface area contributed by atoms with Gasteiger partial charge in [-0.15, -0.1) is 0 Å². The lowest BCUT2D eigenvalue weighted by molar-refractivity contribution is 0.187. The molecule has 1 aliphatic heterocycles. The average molecular weight is 280 g/mol. The number of hydrogen-bond donors (Lipinski definition) is 1. The van der Waals surface area contributed by atoms with Crippen molar-refractivity contribution in [2.45, 2.75) is 51.4 Å². The van der Waals surface area contributed by atoms with Crippen LogP contribution in [0.2, 0.25) is 0 Å². The summed E-state index contributed by atoms with van der Waals surface area (Å²) < 4.78 is 26.5. The van der Waals surface area contributed by atoms with Crippen molar-refractivity contribution in [3.8, 4) is 0 Å². The summed E-state index contributed by atoms with van der Waals surface area (Å²) in [4.78, 5) is 0. The van der Waals surface area contributed by atoms with E-state index in [0.717, 1.165) is 25.7 Å². The first kappa shape index (κ1) is 16.1. The molecule has 0 amide bonds. The fourth-order valence-electron chi connectivity index (χ4n) is 1.86. The van der Waals surface area contributed by atoms with Crippen LogP contribution < -0.4 is 0 Å². The highest BCUT2D eigenvalue weighted by atomic mass is 31.2. The predicted octanol–water partition coefficient (Wildman–Crippen LogP) is 3.27. The first-order valence-electron chi connectivity index (χ1n) is 6.91. The van der Waals surface area contributed by atoms with Crippen molar-refractivity contribution in [1.29, 1.82) is 0 Å². The molecule has 0 aromatic rings. The minimum atomic E-state index is -3.17. The second-order valence-electron chi connectivity index (χ2n) is 4.50. The highest BCUT2D eigenvalue weighted by Crippen LogP contribution is 2.52. The van der Waals surface area contributed by atoms with Gasteiger partial charge in [0.2, 0.25) is 0 Å². The van der Waals surface area contributed by atoms with Gasteiger partial charge in [-0.25, -0.2) is 4.57 Å². The van der Waals surface area contributed by atoms with Gasteiger partial charge in [-0.3, -0.25) is 13.6 Å². The summed E-state index contributed by atoms with van der Waals surface area (Å²) in [5, 5.41) is 8.62. The molecule has 1 rings (SSSR count). The van der Waals surface area contributed by atoms with Crippen LogP contribution in [0.3, 0.4) is 0 Å². The molecule has 0 unspecified atom stereocenters. The molecule has 1 saturated heterocycles. The molecule has 1 aliphatic rings. The van der Waals surface area contributed by atoms with Gasteiger partial charge in [0, 0.05) is 6.61 Å². The fourth-order valence-corrected chi connectivity index (χ4v) is 3.03. The summed E-state index contributed by atoms with van der Waals surface area (Å²) in [5.74, 6) is 0. The Morgan fingerprint density at radius 1 is 0.889 bits per heavy atom. The van der Waals surface area contributed by atoms with Crippen molar-refractivity contribution in [2.75, 3.05) is 26.4 Å². The lowest BCUT2D eigenvalue weighted by Gasteiger charge is -2.09. The molecule has 1 N–H and O–H groups in total. The number of phosphoric acid groups is 1. The summed E-state index contributed by atoms with van der Waals surface area (Å²) in [6.07, 6.45) is 8.85. The third-order valence-corrected chi connectivity index (χ3v) is 4.38. The maximum absolute atomic E-state index is 11.6. The zero-order valence-electron chi connectivity index (χ0n) is 11.0. The van der Waals surface area contributed by atoms with Gasteiger partial charge in [-0.05, 0) is 12.8 Å². The average Bonchev–Trinajstić information content (AvgIpc) is 2.79. The van der Waals surface area contributed by atoms with Crippen LogP contribution in [0.1, 0.15) is 51.4 Å². The van der Waals surface area contributed by atoms with E-state index in [0.29, 0.717) is 26.4 Å². The van der Waals surface area contributed by atoms with E-state index in [1.165, 1.54) is 25.7 Å². The van der Waals surface area contributed by atoms with E-state index in [1.807, 2.05) is 0 Å². The van der Waals surface area contributed by atoms with Gasteiger partial charge < -0.3 is 5.11 Å². The van der Waals surface area contributed by atoms with E-state index in [-0.39, 0.29) is 0 Å². The van der Waals surface area contributed by atoms with E-state index >= 15 is 0 Å². The van der Waals surface area contributed by atoms with Crippen molar-refractivity contribution in [2.24, 2.45) is 0 Å². The van der Waals surface area contributed by atoms with Crippen molar-refractivity contribution >= 4 is 7.82 Å². The molecule has 0 atom stereocenters. The molecular weight excluding hydrogens is 255 g/mol. The molecule has 0 spiro atoms. The van der Waals surface area contributed by atoms with Gasteiger partial charge in [0.1, 0.15) is 0 Å². The van der Waals surface area contributed by atoms with E-state index in [2.05, 4.69) is 0 Å². The number of aliphatic hydroxyl groups excluding tert-OH is 1. The van der Waals surface area contributed by atoms with Gasteiger partial charge in [0.25, 0.3) is 0 Å². The minimum Gasteiger partial charge on any atom is -0.396 e. The highest BCUT2D eigenvalue weighted by molar-refractivity contribution is 7.48. The number of unbranched alkanes of at least 4 members (excludes halogenated alkanes) is 7. The summed E-state index contributed by atoms with van der Waals surface area (Å²) in [7, 11) is -3.17. The quantitative estimate of drug-likeness (QED) is 0.465. The molecule has 5 nitrogen and oxygen atoms in total. The third kappa shape index (κ3) is 7.49. The first-order chi connectivity index (χ1) is 8.77. The number of phosphoric ester groups is 1. The normalized spacial score (nSPS) is 18.3. The Morgan fingerprint density at radius 3 is 1.94 bits per heavy atom. The number of hydrogen-bond acceptors (Lipinski definition) is 5. The Morgan fingerprint density at radius 2 is 1.39 bits per heavy atom. The van der Waals surface area contributed by atoms with Crippen LogP contribution in [-0.2, 0) is 18.1 Å². The molecule has 0 aromatic carbocycles. The van der Waals surface area contributed by atoms with Gasteiger partial charge in [0.05, 0.1) is 19.8 Å². The second kappa shape index (κ2) is 9.93. The summed E-state index contributed by atoms with van der Waals surface area (Å²) >= 11 is 0. The monoisotopic (exact) mass is 280 g/mol. The second-order valence-corrected chi connectivity index (χ2v) is 6.17. The van der Waals surface area contributed by atoms with E-state index in [1.54, 1.807) is 0 Å². The van der Waals surface area contributed by atoms with Crippen molar-refractivity contribution in [3.63, 3.8) is 0 Å². The van der Waals surface area contributed by atoms with Crippen molar-refractivity contribution < 1.29 is 23.2 Å². The topological polar surface area (TPSA) is 65.0 Å². The molecule has 0 saturated carbocycles. The van der Waals surface area contributed by atoms with Crippen LogP contribution in [0.4, 0.5) is 0 Å². The zero-order chi connectivity index (χ0) is 13.1. The molecule has 6 heteroatoms. The van der Waals surface area contributed by atoms with Crippen LogP contribution in [0.25, 0.3) is 0 Å². The minimum absolute atomic E-state index is 0.307. The maximum atomic E-state index is 11.6. The summed E-state index contributed by atoms with van der Waals surface area (Å²) in [5.41, 5.74) is 0. The van der Waals surface area contributed by atoms with E-state index in [4.69, 9.17) is 18.7 Å². The van der Waals surface area contributed by atoms with E-state index in [9.17, 15) is 4.57 Å². The molecule has 108 valence electrons. The standard InChI is InChI=1S/C12H25O5P/c13-9-7-5-3-1-2-4-6-8-10-15-18(14)16-11-12-17-18/h13H,1-12H2. The molecule has 1 fully saturated rings. The van der Waals surface area contributed by atoms with Crippen molar-refractivity contribution in [1.82, 2.24) is 0 Å². The largest absolute Gasteiger partial charge is 0.474 e. The zero-order valence-corrected chi connectivity index (χ0v) is 11.9. The van der Waals surface area contributed by atoms with Crippen molar-refractivity contribution in [3.05, 3.63) is 0 Å². The van der Waals surface area contributed by atoms with Crippen LogP contribution in [0, 0.1) is 0 Å². The fraction of sp³-hybridized carbons (Fsp3) is 1.00. The predicted molar refractivity (Wildman–Crippen MR) is 69.5 cm³/mol. The highest BCUT2D eigenvalue weighted by Gasteiger charge is 2.31. The Kier molecular flexibility index (Phi) is 8.90. The molecule has 0 aliphatic carbocycles. The van der Waals surface area contributed by atoms with Gasteiger partial charge in [-0.1, -0.05) is 38.5 Å². The lowest BCUT2D eigenvalue weighted by atomic mass is 10.1. The van der Waals surface area contributed by atoms with Gasteiger partial charge in [-0.2, -0.15) is 0 Å². The van der Waals surface area contributed by atoms with Crippen LogP contribution in [0.15, 0.2) is 0 Å². The van der Waals surface area contributed by atoms with Crippen LogP contribution >= 0.6 is 7.82 Å². The summed E-state index contributed by atoms with van der Waals surface area (Å²) in [6.45, 7) is 1.49. The maximum Gasteiger partial charge on any atom is 0.474 e. The number of aliphatic hydroxyl groups is 1. The third-order valence-electron chi connectivity index (χ3n) is 2.88. The molecular formula is C12H25O5P. The van der Waals surface area contributed by atoms with Gasteiger partial charge in [0.15, 0.2) is 0 Å². The Balaban J connectivity index is 1.80. The van der Waals surface area contributed by atoms with Crippen LogP contribution in [0.5, 0.6) is 0 Å². The molecule has 0 bridgehead atoms. The first-order valence-corrected chi connectivity index (χ1v) is 8.37. The van der Waals surface area contributed by atoms with E-state index < -0.39 is 7.82 Å². The van der Waals surface area contributed by atoms with Gasteiger partial charge >= 0.3 is 7.82 Å². The number of rotatable bonds is 11. The lowest BCUT2D eigenvalue weighted by Crippen LogP contribution is -1.93. The Labute approximate surface area is 109 Å². The molecule has 0 aromatic heterocycles. The summed E-state index contributed by atoms with van der Waals surface area (Å²) in [6, 6.07) is 0. The Bertz CT molecular complexity index is 237. The Hall–Kier alpha value is 0.0700. The smallest absolute Gasteiger partial charge is 0.396 e. The molecule has 0 radical (unpaired) electrons.